The van der Waals surface area contributed by atoms with E-state index in [0.29, 0.717) is 23.5 Å². The maximum absolute atomic E-state index is 12.7. The lowest BCUT2D eigenvalue weighted by atomic mass is 9.47. The molecular formula is C34H57NO3. The predicted molar refractivity (Wildman–Crippen MR) is 156 cm³/mol. The number of unbranched alkanes of at least 4 members (excludes halogenated alkanes) is 11. The van der Waals surface area contributed by atoms with Gasteiger partial charge in [-0.25, -0.2) is 4.79 Å². The van der Waals surface area contributed by atoms with E-state index in [4.69, 9.17) is 4.74 Å². The number of hydrogen-bond acceptors (Lipinski definition) is 3. The highest BCUT2D eigenvalue weighted by Crippen LogP contribution is 2.65. The quantitative estimate of drug-likeness (QED) is 0.229. The maximum atomic E-state index is 12.7. The van der Waals surface area contributed by atoms with Crippen LogP contribution in [0.25, 0.3) is 0 Å². The zero-order chi connectivity index (χ0) is 27.0. The molecule has 0 aromatic rings. The third-order valence-corrected chi connectivity index (χ3v) is 11.4. The van der Waals surface area contributed by atoms with Crippen LogP contribution in [-0.2, 0) is 9.53 Å². The Kier molecular flexibility index (Phi) is 10.8. The third kappa shape index (κ3) is 6.87. The summed E-state index contributed by atoms with van der Waals surface area (Å²) in [6, 6.07) is 0. The average molecular weight is 528 g/mol. The van der Waals surface area contributed by atoms with Crippen molar-refractivity contribution in [3.8, 4) is 0 Å². The summed E-state index contributed by atoms with van der Waals surface area (Å²) in [7, 11) is 0. The number of ketones is 1. The van der Waals surface area contributed by atoms with Crippen molar-refractivity contribution in [2.45, 2.75) is 155 Å². The van der Waals surface area contributed by atoms with Gasteiger partial charge in [0.25, 0.3) is 0 Å². The van der Waals surface area contributed by atoms with Crippen molar-refractivity contribution >= 4 is 11.9 Å². The molecule has 4 heteroatoms. The topological polar surface area (TPSA) is 55.4 Å². The molecule has 3 fully saturated rings. The van der Waals surface area contributed by atoms with Crippen LogP contribution in [0.5, 0.6) is 0 Å². The fourth-order valence-electron chi connectivity index (χ4n) is 9.03. The summed E-state index contributed by atoms with van der Waals surface area (Å²) >= 11 is 0. The first-order valence-electron chi connectivity index (χ1n) is 16.6. The Morgan fingerprint density at radius 3 is 2.18 bits per heavy atom. The van der Waals surface area contributed by atoms with Crippen LogP contribution in [-0.4, -0.2) is 24.5 Å². The van der Waals surface area contributed by atoms with Gasteiger partial charge in [-0.3, -0.25) is 4.79 Å². The molecule has 216 valence electrons. The van der Waals surface area contributed by atoms with Crippen LogP contribution < -0.4 is 5.32 Å². The summed E-state index contributed by atoms with van der Waals surface area (Å²) in [5.74, 6) is 2.38. The minimum atomic E-state index is -0.200. The van der Waals surface area contributed by atoms with Crippen molar-refractivity contribution < 1.29 is 14.3 Å². The molecular weight excluding hydrogens is 470 g/mol. The Bertz CT molecular complexity index is 821. The normalized spacial score (nSPS) is 34.2. The third-order valence-electron chi connectivity index (χ3n) is 11.4. The van der Waals surface area contributed by atoms with E-state index in [2.05, 4.69) is 26.1 Å². The first kappa shape index (κ1) is 29.7. The highest BCUT2D eigenvalue weighted by molar-refractivity contribution is 5.91. The molecule has 0 aromatic heterocycles. The second-order valence-corrected chi connectivity index (χ2v) is 13.8. The Labute approximate surface area is 233 Å². The Morgan fingerprint density at radius 1 is 0.842 bits per heavy atom. The summed E-state index contributed by atoms with van der Waals surface area (Å²) in [5.41, 5.74) is 1.75. The lowest BCUT2D eigenvalue weighted by molar-refractivity contribution is -0.118. The Hall–Kier alpha value is -1.32. The van der Waals surface area contributed by atoms with Gasteiger partial charge in [0, 0.05) is 18.4 Å². The molecule has 0 aliphatic heterocycles. The summed E-state index contributed by atoms with van der Waals surface area (Å²) < 4.78 is 6.11. The van der Waals surface area contributed by atoms with Crippen LogP contribution in [0.1, 0.15) is 149 Å². The standard InChI is InChI=1S/C34H57NO3/c1-4-5-6-7-8-9-10-11-12-13-14-15-24-35-32(37)38-31-19-18-29-28-17-16-26-25-27(36)20-22-33(26,2)30(28)21-23-34(29,31)3/h25,28-31H,4-24H2,1-3H3,(H,35,37)/t28-,29-,30-,31-,33-,34-/m0/s1. The molecule has 0 aromatic carbocycles. The second-order valence-electron chi connectivity index (χ2n) is 13.8. The highest BCUT2D eigenvalue weighted by Gasteiger charge is 2.60. The van der Waals surface area contributed by atoms with Gasteiger partial charge >= 0.3 is 6.09 Å². The number of amides is 1. The molecule has 0 saturated heterocycles. The molecule has 6 atom stereocenters. The van der Waals surface area contributed by atoms with Gasteiger partial charge < -0.3 is 10.1 Å². The van der Waals surface area contributed by atoms with E-state index in [-0.39, 0.29) is 23.0 Å². The van der Waals surface area contributed by atoms with Crippen LogP contribution in [0.15, 0.2) is 11.6 Å². The lowest BCUT2D eigenvalue weighted by Crippen LogP contribution is -2.52. The van der Waals surface area contributed by atoms with Gasteiger partial charge in [-0.2, -0.15) is 0 Å². The number of nitrogens with one attached hydrogen (secondary N) is 1. The van der Waals surface area contributed by atoms with Crippen LogP contribution in [0.3, 0.4) is 0 Å². The molecule has 4 nitrogen and oxygen atoms in total. The van der Waals surface area contributed by atoms with E-state index in [1.165, 1.54) is 95.5 Å². The van der Waals surface area contributed by atoms with Crippen molar-refractivity contribution in [1.29, 1.82) is 0 Å². The number of carbonyl (C=O) groups excluding carboxylic acids is 2. The summed E-state index contributed by atoms with van der Waals surface area (Å²) in [5, 5.41) is 3.06. The van der Waals surface area contributed by atoms with E-state index < -0.39 is 0 Å². The van der Waals surface area contributed by atoms with Crippen molar-refractivity contribution in [3.05, 3.63) is 11.6 Å². The largest absolute Gasteiger partial charge is 0.446 e. The van der Waals surface area contributed by atoms with Crippen molar-refractivity contribution in [2.24, 2.45) is 28.6 Å². The Morgan fingerprint density at radius 2 is 1.50 bits per heavy atom. The molecule has 0 unspecified atom stereocenters. The number of fused-ring (bicyclic) bond motifs is 5. The van der Waals surface area contributed by atoms with Gasteiger partial charge in [0.05, 0.1) is 0 Å². The van der Waals surface area contributed by atoms with Crippen molar-refractivity contribution in [2.75, 3.05) is 6.54 Å². The first-order chi connectivity index (χ1) is 18.4. The van der Waals surface area contributed by atoms with Gasteiger partial charge in [-0.05, 0) is 80.6 Å². The van der Waals surface area contributed by atoms with Gasteiger partial charge in [0.2, 0.25) is 0 Å². The maximum Gasteiger partial charge on any atom is 0.407 e. The predicted octanol–water partition coefficient (Wildman–Crippen LogP) is 9.31. The van der Waals surface area contributed by atoms with E-state index >= 15 is 0 Å². The molecule has 4 aliphatic carbocycles. The second kappa shape index (κ2) is 13.8. The molecule has 0 heterocycles. The van der Waals surface area contributed by atoms with E-state index in [1.54, 1.807) is 0 Å². The monoisotopic (exact) mass is 527 g/mol. The van der Waals surface area contributed by atoms with Crippen LogP contribution in [0.2, 0.25) is 0 Å². The van der Waals surface area contributed by atoms with Gasteiger partial charge in [0.15, 0.2) is 5.78 Å². The minimum Gasteiger partial charge on any atom is -0.446 e. The van der Waals surface area contributed by atoms with E-state index in [0.717, 1.165) is 45.1 Å². The number of allylic oxidation sites excluding steroid dienone is 1. The van der Waals surface area contributed by atoms with E-state index in [1.807, 2.05) is 6.08 Å². The van der Waals surface area contributed by atoms with Gasteiger partial charge in [0.1, 0.15) is 6.10 Å². The number of ether oxygens (including phenoxy) is 1. The molecule has 1 N–H and O–H groups in total. The summed E-state index contributed by atoms with van der Waals surface area (Å²) in [6.45, 7) is 7.86. The molecule has 38 heavy (non-hydrogen) atoms. The van der Waals surface area contributed by atoms with Crippen LogP contribution >= 0.6 is 0 Å². The number of hydrogen-bond donors (Lipinski definition) is 1. The van der Waals surface area contributed by atoms with Crippen molar-refractivity contribution in [3.63, 3.8) is 0 Å². The summed E-state index contributed by atoms with van der Waals surface area (Å²) in [6.07, 6.45) is 26.4. The van der Waals surface area contributed by atoms with Crippen LogP contribution in [0, 0.1) is 28.6 Å². The average Bonchev–Trinajstić information content (AvgIpc) is 3.23. The molecule has 3 saturated carbocycles. The number of carbonyl (C=O) groups is 2. The molecule has 0 bridgehead atoms. The zero-order valence-electron chi connectivity index (χ0n) is 25.0. The molecule has 1 amide bonds. The fraction of sp³-hybridized carbons (Fsp3) is 0.882. The lowest BCUT2D eigenvalue weighted by Gasteiger charge is -2.57. The van der Waals surface area contributed by atoms with Crippen molar-refractivity contribution in [1.82, 2.24) is 5.32 Å². The zero-order valence-corrected chi connectivity index (χ0v) is 25.0. The fourth-order valence-corrected chi connectivity index (χ4v) is 9.03. The molecule has 4 rings (SSSR count). The van der Waals surface area contributed by atoms with Gasteiger partial charge in [-0.1, -0.05) is 97.0 Å². The van der Waals surface area contributed by atoms with E-state index in [9.17, 15) is 9.59 Å². The number of rotatable bonds is 14. The first-order valence-corrected chi connectivity index (χ1v) is 16.6. The Balaban J connectivity index is 1.12. The molecule has 0 spiro atoms. The SMILES string of the molecule is CCCCCCCCCCCCCCNC(=O)O[C@H]1CC[C@H]2[C@@H]3CCC4=CC(=O)CC[C@]4(C)[C@H]3CC[C@]12C. The smallest absolute Gasteiger partial charge is 0.407 e. The highest BCUT2D eigenvalue weighted by atomic mass is 16.6. The minimum absolute atomic E-state index is 0.0492. The molecule has 4 aliphatic rings. The number of alkyl carbamates (subject to hydrolysis) is 1. The van der Waals surface area contributed by atoms with Gasteiger partial charge in [-0.15, -0.1) is 0 Å². The molecule has 0 radical (unpaired) electrons. The van der Waals surface area contributed by atoms with Crippen LogP contribution in [0.4, 0.5) is 4.79 Å². The summed E-state index contributed by atoms with van der Waals surface area (Å²) in [4.78, 5) is 24.8.